The molecule has 0 spiro atoms. The van der Waals surface area contributed by atoms with Crippen LogP contribution >= 0.6 is 0 Å². The normalized spacial score (nSPS) is 13.6. The van der Waals surface area contributed by atoms with Gasteiger partial charge in [0.1, 0.15) is 22.6 Å². The topological polar surface area (TPSA) is 93.1 Å². The smallest absolute Gasteiger partial charge is 0.244 e. The van der Waals surface area contributed by atoms with Crippen LogP contribution < -0.4 is 10.0 Å². The first-order chi connectivity index (χ1) is 13.8. The summed E-state index contributed by atoms with van der Waals surface area (Å²) in [6, 6.07) is 12.5. The molecule has 0 aliphatic heterocycles. The first-order valence-electron chi connectivity index (χ1n) is 8.89. The van der Waals surface area contributed by atoms with Crippen molar-refractivity contribution in [1.82, 2.24) is 19.6 Å². The van der Waals surface area contributed by atoms with E-state index in [0.717, 1.165) is 17.7 Å². The van der Waals surface area contributed by atoms with Crippen LogP contribution in [0.4, 0.5) is 4.39 Å². The summed E-state index contributed by atoms with van der Waals surface area (Å²) in [5.41, 5.74) is 0.791. The van der Waals surface area contributed by atoms with Crippen LogP contribution in [0.25, 0.3) is 0 Å². The van der Waals surface area contributed by atoms with E-state index in [1.165, 1.54) is 19.1 Å². The average Bonchev–Trinajstić information content (AvgIpc) is 3.12. The van der Waals surface area contributed by atoms with Crippen LogP contribution in [0, 0.1) is 5.82 Å². The Bertz CT molecular complexity index is 1100. The summed E-state index contributed by atoms with van der Waals surface area (Å²) in [6.45, 7) is 1.40. The second-order valence-corrected chi connectivity index (χ2v) is 8.20. The fourth-order valence-electron chi connectivity index (χ4n) is 2.88. The Labute approximate surface area is 168 Å². The van der Waals surface area contributed by atoms with Gasteiger partial charge >= 0.3 is 0 Å². The molecule has 1 heterocycles. The minimum absolute atomic E-state index is 0.511. The quantitative estimate of drug-likeness (QED) is 0.617. The van der Waals surface area contributed by atoms with Gasteiger partial charge in [0.25, 0.3) is 0 Å². The van der Waals surface area contributed by atoms with E-state index in [2.05, 4.69) is 15.0 Å². The van der Waals surface area contributed by atoms with Gasteiger partial charge in [-0.2, -0.15) is 4.72 Å². The molecule has 2 aromatic carbocycles. The zero-order valence-electron chi connectivity index (χ0n) is 15.9. The van der Waals surface area contributed by atoms with Crippen molar-refractivity contribution in [2.24, 2.45) is 7.05 Å². The molecule has 0 unspecified atom stereocenters. The number of amides is 1. The van der Waals surface area contributed by atoms with E-state index in [1.54, 1.807) is 24.0 Å². The molecule has 9 heteroatoms. The summed E-state index contributed by atoms with van der Waals surface area (Å²) in [5.74, 6) is -0.863. The molecule has 1 aromatic heterocycles. The van der Waals surface area contributed by atoms with Gasteiger partial charge in [-0.15, -0.1) is 0 Å². The Morgan fingerprint density at radius 3 is 2.38 bits per heavy atom. The van der Waals surface area contributed by atoms with Gasteiger partial charge in [-0.05, 0) is 24.6 Å². The lowest BCUT2D eigenvalue weighted by molar-refractivity contribution is -0.122. The Hall–Kier alpha value is -3.04. The second kappa shape index (κ2) is 8.54. The molecule has 0 fully saturated rings. The third kappa shape index (κ3) is 4.69. The molecule has 2 atom stereocenters. The number of rotatable bonds is 7. The van der Waals surface area contributed by atoms with Gasteiger partial charge in [-0.25, -0.2) is 17.8 Å². The summed E-state index contributed by atoms with van der Waals surface area (Å²) < 4.78 is 42.8. The van der Waals surface area contributed by atoms with Crippen molar-refractivity contribution in [2.75, 3.05) is 0 Å². The maximum Gasteiger partial charge on any atom is 0.244 e. The number of sulfonamides is 1. The Balaban J connectivity index is 1.81. The molecule has 29 heavy (non-hydrogen) atoms. The van der Waals surface area contributed by atoms with Gasteiger partial charge in [-0.3, -0.25) is 4.79 Å². The number of carbonyl (C=O) groups excluding carboxylic acids is 1. The van der Waals surface area contributed by atoms with E-state index in [4.69, 9.17) is 0 Å². The summed E-state index contributed by atoms with van der Waals surface area (Å²) in [4.78, 5) is 16.5. The lowest BCUT2D eigenvalue weighted by atomic mass is 10.1. The highest BCUT2D eigenvalue weighted by atomic mass is 32.2. The Morgan fingerprint density at radius 2 is 1.76 bits per heavy atom. The van der Waals surface area contributed by atoms with Crippen molar-refractivity contribution in [3.8, 4) is 0 Å². The van der Waals surface area contributed by atoms with Crippen LogP contribution in [0.3, 0.4) is 0 Å². The van der Waals surface area contributed by atoms with Crippen molar-refractivity contribution < 1.29 is 17.6 Å². The predicted molar refractivity (Wildman–Crippen MR) is 106 cm³/mol. The van der Waals surface area contributed by atoms with Gasteiger partial charge < -0.3 is 9.88 Å². The van der Waals surface area contributed by atoms with E-state index < -0.39 is 38.7 Å². The van der Waals surface area contributed by atoms with E-state index in [-0.39, 0.29) is 0 Å². The molecule has 2 N–H and O–H groups in total. The first-order valence-corrected chi connectivity index (χ1v) is 10.4. The molecular formula is C20H21FN4O3S. The van der Waals surface area contributed by atoms with E-state index >= 15 is 0 Å². The maximum absolute atomic E-state index is 13.9. The molecule has 0 aliphatic carbocycles. The molecular weight excluding hydrogens is 395 g/mol. The number of carbonyl (C=O) groups is 1. The largest absolute Gasteiger partial charge is 0.341 e. The van der Waals surface area contributed by atoms with Gasteiger partial charge in [0.05, 0.1) is 6.04 Å². The predicted octanol–water partition coefficient (Wildman–Crippen LogP) is 2.13. The lowest BCUT2D eigenvalue weighted by Crippen LogP contribution is -2.46. The van der Waals surface area contributed by atoms with Crippen LogP contribution in [-0.4, -0.2) is 29.9 Å². The van der Waals surface area contributed by atoms with Crippen molar-refractivity contribution in [1.29, 1.82) is 0 Å². The number of aryl methyl sites for hydroxylation is 1. The van der Waals surface area contributed by atoms with E-state index in [0.29, 0.717) is 5.82 Å². The van der Waals surface area contributed by atoms with Crippen LogP contribution in [0.1, 0.15) is 24.4 Å². The van der Waals surface area contributed by atoms with Crippen LogP contribution in [0.15, 0.2) is 71.9 Å². The summed E-state index contributed by atoms with van der Waals surface area (Å²) in [7, 11) is -2.40. The van der Waals surface area contributed by atoms with Crippen LogP contribution in [0.5, 0.6) is 0 Å². The average molecular weight is 416 g/mol. The Kier molecular flexibility index (Phi) is 6.09. The maximum atomic E-state index is 13.9. The third-order valence-electron chi connectivity index (χ3n) is 4.39. The number of halogens is 1. The molecule has 3 aromatic rings. The fraction of sp³-hybridized carbons (Fsp3) is 0.200. The molecule has 1 amide bonds. The second-order valence-electron chi connectivity index (χ2n) is 6.52. The van der Waals surface area contributed by atoms with Gasteiger partial charge in [0.2, 0.25) is 15.9 Å². The van der Waals surface area contributed by atoms with Crippen LogP contribution in [-0.2, 0) is 21.9 Å². The standard InChI is InChI=1S/C20H21FN4O3S/c1-14(24-29(27,28)17-11-7-6-10-16(17)21)20(26)23-18(15-8-4-3-5-9-15)19-22-12-13-25(19)2/h3-14,18,24H,1-2H3,(H,23,26)/t14-,18+/m0/s1. The van der Waals surface area contributed by atoms with Crippen molar-refractivity contribution in [2.45, 2.75) is 23.9 Å². The number of benzene rings is 2. The van der Waals surface area contributed by atoms with Crippen molar-refractivity contribution in [3.05, 3.63) is 84.2 Å². The number of aromatic nitrogens is 2. The number of hydrogen-bond acceptors (Lipinski definition) is 4. The zero-order chi connectivity index (χ0) is 21.0. The number of hydrogen-bond donors (Lipinski definition) is 2. The fourth-order valence-corrected chi connectivity index (χ4v) is 4.16. The highest BCUT2D eigenvalue weighted by Crippen LogP contribution is 2.20. The van der Waals surface area contributed by atoms with E-state index in [1.807, 2.05) is 30.3 Å². The van der Waals surface area contributed by atoms with Crippen molar-refractivity contribution in [3.63, 3.8) is 0 Å². The SMILES string of the molecule is C[C@H](NS(=O)(=O)c1ccccc1F)C(=O)N[C@H](c1ccccc1)c1nccn1C. The lowest BCUT2D eigenvalue weighted by Gasteiger charge is -2.22. The molecule has 7 nitrogen and oxygen atoms in total. The molecule has 0 saturated carbocycles. The first kappa shape index (κ1) is 20.7. The summed E-state index contributed by atoms with van der Waals surface area (Å²) in [5, 5.41) is 2.82. The third-order valence-corrected chi connectivity index (χ3v) is 5.96. The number of nitrogens with zero attached hydrogens (tertiary/aromatic N) is 2. The van der Waals surface area contributed by atoms with Crippen LogP contribution in [0.2, 0.25) is 0 Å². The molecule has 0 bridgehead atoms. The highest BCUT2D eigenvalue weighted by molar-refractivity contribution is 7.89. The molecule has 0 aliphatic rings. The van der Waals surface area contributed by atoms with E-state index in [9.17, 15) is 17.6 Å². The zero-order valence-corrected chi connectivity index (χ0v) is 16.7. The molecule has 0 saturated heterocycles. The summed E-state index contributed by atoms with van der Waals surface area (Å²) >= 11 is 0. The molecule has 0 radical (unpaired) electrons. The number of imidazole rings is 1. The number of nitrogens with one attached hydrogen (secondary N) is 2. The van der Waals surface area contributed by atoms with Gasteiger partial charge in [0.15, 0.2) is 0 Å². The summed E-state index contributed by atoms with van der Waals surface area (Å²) in [6.07, 6.45) is 3.36. The van der Waals surface area contributed by atoms with Gasteiger partial charge in [-0.1, -0.05) is 42.5 Å². The molecule has 3 rings (SSSR count). The molecule has 152 valence electrons. The minimum atomic E-state index is -4.20. The van der Waals surface area contributed by atoms with Crippen molar-refractivity contribution >= 4 is 15.9 Å². The Morgan fingerprint density at radius 1 is 1.10 bits per heavy atom. The minimum Gasteiger partial charge on any atom is -0.341 e. The highest BCUT2D eigenvalue weighted by Gasteiger charge is 2.27. The van der Waals surface area contributed by atoms with Gasteiger partial charge in [0, 0.05) is 19.4 Å². The monoisotopic (exact) mass is 416 g/mol.